The molecule has 2 aromatic rings. The Kier molecular flexibility index (Phi) is 4.09. The van der Waals surface area contributed by atoms with Gasteiger partial charge in [0.05, 0.1) is 19.3 Å². The summed E-state index contributed by atoms with van der Waals surface area (Å²) in [5, 5.41) is 9.49. The van der Waals surface area contributed by atoms with Crippen molar-refractivity contribution >= 4 is 17.4 Å². The number of nitrogens with zero attached hydrogens (tertiary/aromatic N) is 3. The second-order valence-electron chi connectivity index (χ2n) is 5.79. The zero-order valence-corrected chi connectivity index (χ0v) is 13.2. The second kappa shape index (κ2) is 6.36. The molecule has 2 fully saturated rings. The molecule has 22 heavy (non-hydrogen) atoms. The Morgan fingerprint density at radius 2 is 2.23 bits per heavy atom. The molecule has 6 nitrogen and oxygen atoms in total. The molecule has 1 N–H and O–H groups in total. The summed E-state index contributed by atoms with van der Waals surface area (Å²) in [6.45, 7) is 4.29. The number of rotatable bonds is 6. The molecule has 3 heterocycles. The van der Waals surface area contributed by atoms with Crippen molar-refractivity contribution in [2.75, 3.05) is 38.2 Å². The monoisotopic (exact) mass is 320 g/mol. The minimum Gasteiger partial charge on any atom is -0.379 e. The average molecular weight is 320 g/mol. The zero-order chi connectivity index (χ0) is 14.8. The lowest BCUT2D eigenvalue weighted by molar-refractivity contribution is 0.0193. The van der Waals surface area contributed by atoms with E-state index in [1.165, 1.54) is 17.7 Å². The van der Waals surface area contributed by atoms with Gasteiger partial charge in [-0.05, 0) is 24.3 Å². The van der Waals surface area contributed by atoms with Crippen LogP contribution in [0, 0.1) is 0 Å². The Morgan fingerprint density at radius 3 is 2.95 bits per heavy atom. The highest BCUT2D eigenvalue weighted by Gasteiger charge is 2.29. The van der Waals surface area contributed by atoms with Gasteiger partial charge in [-0.15, -0.1) is 11.3 Å². The number of morpholine rings is 1. The maximum Gasteiger partial charge on any atom is 0.321 e. The normalized spacial score (nSPS) is 20.9. The molecule has 1 saturated carbocycles. The third-order valence-electron chi connectivity index (χ3n) is 4.19. The molecule has 1 aliphatic heterocycles. The summed E-state index contributed by atoms with van der Waals surface area (Å²) in [7, 11) is 0. The van der Waals surface area contributed by atoms with Crippen LogP contribution in [0.5, 0.6) is 0 Å². The third-order valence-corrected chi connectivity index (χ3v) is 5.16. The summed E-state index contributed by atoms with van der Waals surface area (Å²) < 4.78 is 10.8. The van der Waals surface area contributed by atoms with Gasteiger partial charge in [0.1, 0.15) is 0 Å². The second-order valence-corrected chi connectivity index (χ2v) is 6.77. The molecular formula is C15H20N4O2S. The maximum absolute atomic E-state index is 5.47. The topological polar surface area (TPSA) is 63.4 Å². The summed E-state index contributed by atoms with van der Waals surface area (Å²) in [6.07, 6.45) is 2.37. The predicted molar refractivity (Wildman–Crippen MR) is 84.2 cm³/mol. The predicted octanol–water partition coefficient (Wildman–Crippen LogP) is 2.49. The summed E-state index contributed by atoms with van der Waals surface area (Å²) in [5.41, 5.74) is 0. The van der Waals surface area contributed by atoms with E-state index in [4.69, 9.17) is 9.26 Å². The Morgan fingerprint density at radius 1 is 1.36 bits per heavy atom. The number of thiophene rings is 1. The molecule has 0 aromatic carbocycles. The summed E-state index contributed by atoms with van der Waals surface area (Å²) in [6, 6.07) is 5.15. The molecule has 0 bridgehead atoms. The minimum atomic E-state index is 0.320. The fourth-order valence-electron chi connectivity index (χ4n) is 2.78. The highest BCUT2D eigenvalue weighted by Crippen LogP contribution is 2.38. The van der Waals surface area contributed by atoms with Crippen LogP contribution in [0.15, 0.2) is 22.0 Å². The van der Waals surface area contributed by atoms with Gasteiger partial charge in [0, 0.05) is 30.4 Å². The highest BCUT2D eigenvalue weighted by atomic mass is 32.1. The lowest BCUT2D eigenvalue weighted by Crippen LogP contribution is -2.41. The fraction of sp³-hybridized carbons (Fsp3) is 0.600. The van der Waals surface area contributed by atoms with Gasteiger partial charge in [-0.25, -0.2) is 0 Å². The van der Waals surface area contributed by atoms with Crippen molar-refractivity contribution in [3.05, 3.63) is 28.2 Å². The first kappa shape index (κ1) is 14.2. The van der Waals surface area contributed by atoms with Crippen LogP contribution in [0.2, 0.25) is 0 Å². The number of ether oxygens (including phenoxy) is 1. The van der Waals surface area contributed by atoms with E-state index in [2.05, 4.69) is 37.9 Å². The van der Waals surface area contributed by atoms with E-state index in [0.717, 1.165) is 38.7 Å². The van der Waals surface area contributed by atoms with E-state index >= 15 is 0 Å². The van der Waals surface area contributed by atoms with Crippen LogP contribution in [0.25, 0.3) is 0 Å². The van der Waals surface area contributed by atoms with Crippen molar-refractivity contribution in [1.82, 2.24) is 15.0 Å². The van der Waals surface area contributed by atoms with Crippen LogP contribution >= 0.6 is 11.3 Å². The van der Waals surface area contributed by atoms with Crippen LogP contribution < -0.4 is 5.32 Å². The van der Waals surface area contributed by atoms with Gasteiger partial charge in [0.15, 0.2) is 5.82 Å². The fourth-order valence-corrected chi connectivity index (χ4v) is 3.64. The van der Waals surface area contributed by atoms with E-state index in [0.29, 0.717) is 18.0 Å². The number of anilines is 1. The van der Waals surface area contributed by atoms with Crippen molar-refractivity contribution in [3.63, 3.8) is 0 Å². The molecular weight excluding hydrogens is 300 g/mol. The summed E-state index contributed by atoms with van der Waals surface area (Å²) in [4.78, 5) is 8.26. The molecule has 0 radical (unpaired) electrons. The Labute approximate surface area is 133 Å². The molecule has 1 aliphatic carbocycles. The van der Waals surface area contributed by atoms with Crippen LogP contribution in [0.4, 0.5) is 6.01 Å². The van der Waals surface area contributed by atoms with E-state index in [1.807, 2.05) is 0 Å². The zero-order valence-electron chi connectivity index (χ0n) is 12.4. The molecule has 118 valence electrons. The van der Waals surface area contributed by atoms with E-state index < -0.39 is 0 Å². The van der Waals surface area contributed by atoms with Crippen molar-refractivity contribution in [2.24, 2.45) is 0 Å². The van der Waals surface area contributed by atoms with E-state index in [1.54, 1.807) is 11.3 Å². The van der Waals surface area contributed by atoms with E-state index in [-0.39, 0.29) is 0 Å². The first-order chi connectivity index (χ1) is 10.9. The van der Waals surface area contributed by atoms with Gasteiger partial charge in [-0.3, -0.25) is 4.90 Å². The molecule has 2 aliphatic rings. The highest BCUT2D eigenvalue weighted by molar-refractivity contribution is 7.10. The quantitative estimate of drug-likeness (QED) is 0.882. The smallest absolute Gasteiger partial charge is 0.321 e. The Hall–Kier alpha value is -1.44. The molecule has 0 amide bonds. The van der Waals surface area contributed by atoms with Crippen LogP contribution in [-0.2, 0) is 4.74 Å². The van der Waals surface area contributed by atoms with Crippen LogP contribution in [-0.4, -0.2) is 47.9 Å². The summed E-state index contributed by atoms with van der Waals surface area (Å²) in [5.74, 6) is 1.37. The van der Waals surface area contributed by atoms with Gasteiger partial charge < -0.3 is 14.6 Å². The first-order valence-electron chi connectivity index (χ1n) is 7.83. The molecule has 1 saturated heterocycles. The van der Waals surface area contributed by atoms with Gasteiger partial charge in [0.2, 0.25) is 0 Å². The first-order valence-corrected chi connectivity index (χ1v) is 8.71. The van der Waals surface area contributed by atoms with Gasteiger partial charge in [-0.2, -0.15) is 4.98 Å². The molecule has 1 atom stereocenters. The van der Waals surface area contributed by atoms with Gasteiger partial charge >= 0.3 is 6.01 Å². The molecule has 0 spiro atoms. The third kappa shape index (κ3) is 3.16. The van der Waals surface area contributed by atoms with Crippen molar-refractivity contribution in [3.8, 4) is 0 Å². The lowest BCUT2D eigenvalue weighted by atomic mass is 10.2. The van der Waals surface area contributed by atoms with E-state index in [9.17, 15) is 0 Å². The minimum absolute atomic E-state index is 0.320. The van der Waals surface area contributed by atoms with Crippen molar-refractivity contribution in [2.45, 2.75) is 24.8 Å². The number of hydrogen-bond donors (Lipinski definition) is 1. The van der Waals surface area contributed by atoms with Crippen LogP contribution in [0.3, 0.4) is 0 Å². The standard InChI is InChI=1S/C15H20N4O2S/c1-2-13(22-9-1)12(19-5-7-20-8-6-19)10-16-15-17-14(18-21-15)11-3-4-11/h1-2,9,11-12H,3-8,10H2,(H,16,17,18)/t12-/m1/s1. The molecule has 0 unspecified atom stereocenters. The van der Waals surface area contributed by atoms with Gasteiger partial charge in [-0.1, -0.05) is 11.2 Å². The SMILES string of the molecule is c1csc([C@@H](CNc2nc(C3CC3)no2)N2CCOCC2)c1. The van der Waals surface area contributed by atoms with Crippen molar-refractivity contribution in [1.29, 1.82) is 0 Å². The summed E-state index contributed by atoms with van der Waals surface area (Å²) >= 11 is 1.79. The van der Waals surface area contributed by atoms with Gasteiger partial charge in [0.25, 0.3) is 0 Å². The number of hydrogen-bond acceptors (Lipinski definition) is 7. The number of nitrogens with one attached hydrogen (secondary N) is 1. The lowest BCUT2D eigenvalue weighted by Gasteiger charge is -2.33. The number of aromatic nitrogens is 2. The molecule has 7 heteroatoms. The van der Waals surface area contributed by atoms with Crippen molar-refractivity contribution < 1.29 is 9.26 Å². The van der Waals surface area contributed by atoms with Crippen LogP contribution in [0.1, 0.15) is 35.5 Å². The molecule has 4 rings (SSSR count). The maximum atomic E-state index is 5.47. The Bertz CT molecular complexity index is 590. The average Bonchev–Trinajstić information content (AvgIpc) is 3.08. The molecule has 2 aromatic heterocycles. The Balaban J connectivity index is 1.43. The largest absolute Gasteiger partial charge is 0.379 e.